The third kappa shape index (κ3) is 41.2. The third-order valence-corrected chi connectivity index (χ3v) is 18.7. The van der Waals surface area contributed by atoms with Crippen LogP contribution in [0.2, 0.25) is 0 Å². The second-order valence-electron chi connectivity index (χ2n) is 29.5. The van der Waals surface area contributed by atoms with E-state index in [0.29, 0.717) is 31.2 Å². The van der Waals surface area contributed by atoms with Crippen LogP contribution in [-0.2, 0) is 83.1 Å². The summed E-state index contributed by atoms with van der Waals surface area (Å²) in [7, 11) is 0. The molecule has 0 aliphatic carbocycles. The third-order valence-electron chi connectivity index (χ3n) is 18.7. The number of carbonyl (C=O) groups excluding carboxylic acids is 13. The Bertz CT molecular complexity index is 3540. The lowest BCUT2D eigenvalue weighted by Gasteiger charge is -2.31. The number of nitrogens with one attached hydrogen (secondary N) is 12. The van der Waals surface area contributed by atoms with Crippen LogP contribution in [0.5, 0.6) is 5.75 Å². The molecule has 0 unspecified atom stereocenters. The summed E-state index contributed by atoms with van der Waals surface area (Å²) in [5.41, 5.74) is 39.4. The molecular weight excluding hydrogens is 1560 g/mol. The van der Waals surface area contributed by atoms with Crippen LogP contribution in [0, 0.1) is 17.8 Å². The number of carboxylic acid groups (broad SMARTS) is 3. The fraction of sp³-hybridized carbons (Fsp3) is 0.676. The summed E-state index contributed by atoms with van der Waals surface area (Å²) in [6.45, 7) is 9.44. The van der Waals surface area contributed by atoms with Gasteiger partial charge in [-0.15, -0.1) is 0 Å². The van der Waals surface area contributed by atoms with Crippen molar-refractivity contribution in [2.75, 3.05) is 52.5 Å². The molecular formula is C74H128N22O23. The number of carboxylic acids is 3. The summed E-state index contributed by atoms with van der Waals surface area (Å²) in [6, 6.07) is -14.1. The summed E-state index contributed by atoms with van der Waals surface area (Å²) in [5, 5.41) is 98.1. The molecule has 672 valence electrons. The molecule has 119 heavy (non-hydrogen) atoms. The molecule has 45 heteroatoms. The van der Waals surface area contributed by atoms with Gasteiger partial charge < -0.3 is 145 Å². The van der Waals surface area contributed by atoms with E-state index < -0.39 is 224 Å². The number of benzene rings is 1. The molecule has 1 aromatic rings. The van der Waals surface area contributed by atoms with Crippen LogP contribution in [-0.4, -0.2) is 284 Å². The van der Waals surface area contributed by atoms with Gasteiger partial charge in [-0.1, -0.05) is 60.1 Å². The van der Waals surface area contributed by atoms with Gasteiger partial charge in [0.25, 0.3) is 5.97 Å². The van der Waals surface area contributed by atoms with Crippen molar-refractivity contribution in [3.05, 3.63) is 29.8 Å². The number of phenols is 1. The van der Waals surface area contributed by atoms with Crippen LogP contribution in [0.15, 0.2) is 34.3 Å². The number of unbranched alkanes of at least 4 members (excludes halogenated alkanes) is 2. The summed E-state index contributed by atoms with van der Waals surface area (Å²) in [6.07, 6.45) is -0.826. The number of aromatic hydroxyl groups is 1. The lowest BCUT2D eigenvalue weighted by Crippen LogP contribution is -2.61. The van der Waals surface area contributed by atoms with E-state index in [-0.39, 0.29) is 127 Å². The van der Waals surface area contributed by atoms with Gasteiger partial charge in [0.15, 0.2) is 11.9 Å². The number of hydrogen-bond donors (Lipinski definition) is 26. The molecule has 33 N–H and O–H groups in total. The van der Waals surface area contributed by atoms with Crippen molar-refractivity contribution in [1.82, 2.24) is 68.7 Å². The van der Waals surface area contributed by atoms with Crippen LogP contribution >= 0.6 is 0 Å². The molecule has 0 saturated carbocycles. The number of nitrogens with zero attached hydrogens (tertiary/aromatic N) is 3. The van der Waals surface area contributed by atoms with Gasteiger partial charge >= 0.3 is 11.9 Å². The van der Waals surface area contributed by atoms with Gasteiger partial charge in [0.2, 0.25) is 76.8 Å². The van der Waals surface area contributed by atoms with E-state index in [9.17, 15) is 103 Å². The molecule has 2 rings (SSSR count). The van der Waals surface area contributed by atoms with Crippen LogP contribution in [0.25, 0.3) is 0 Å². The van der Waals surface area contributed by atoms with Crippen LogP contribution in [0.4, 0.5) is 0 Å². The summed E-state index contributed by atoms with van der Waals surface area (Å²) < 4.78 is 0. The number of rotatable bonds is 55. The van der Waals surface area contributed by atoms with Crippen LogP contribution in [0.3, 0.4) is 0 Å². The number of aliphatic hydroxyl groups excluding tert-OH is 3. The molecule has 1 aromatic carbocycles. The second kappa shape index (κ2) is 56.3. The molecule has 15 atom stereocenters. The lowest BCUT2D eigenvalue weighted by atomic mass is 9.98. The highest BCUT2D eigenvalue weighted by molar-refractivity contribution is 6.00. The van der Waals surface area contributed by atoms with Gasteiger partial charge in [0.1, 0.15) is 78.3 Å². The summed E-state index contributed by atoms with van der Waals surface area (Å²) >= 11 is 0. The Balaban J connectivity index is 0.0000173. The van der Waals surface area contributed by atoms with Crippen LogP contribution < -0.4 is 104 Å². The highest BCUT2D eigenvalue weighted by Crippen LogP contribution is 2.22. The topological polar surface area (TPSA) is 769 Å². The number of phenolic OH excluding ortho intramolecular Hbond substituents is 1. The van der Waals surface area contributed by atoms with Gasteiger partial charge in [-0.05, 0) is 145 Å². The minimum absolute atomic E-state index is 0.0202. The quantitative estimate of drug-likeness (QED) is 0.0164. The predicted octanol–water partition coefficient (Wildman–Crippen LogP) is -7.78. The highest BCUT2D eigenvalue weighted by Gasteiger charge is 2.42. The van der Waals surface area contributed by atoms with E-state index in [2.05, 4.69) is 73.8 Å². The first-order chi connectivity index (χ1) is 56.0. The number of aliphatic imine (C=N–C) groups is 2. The lowest BCUT2D eigenvalue weighted by molar-refractivity contribution is -0.144. The summed E-state index contributed by atoms with van der Waals surface area (Å²) in [5.74, 6) is -18.5. The zero-order chi connectivity index (χ0) is 90.3. The SMILES string of the molecule is CC(=O)O.CC[C@H](C)[C@H](NC(=O)[C@H](CCCCN)NC(=O)[C@H](CC(C)C)NC(=O)[C@@H]1CCCN1C(=O)[C@H](CCC(=O)O)NC(=O)[C@H](Cc1ccc(O)cc1)NC(=O)[C@@H](NC(=O)[C@H](CO)NC(=O)CNC(=O)[C@H](CO)NC(=O)[C@H](CCCN=C(N)N)NC(=O)[C@H](CCCCN)NC(=O)[C@@H](NC(=O)[C@@H](N)CCCN=C(N)N)[C@@H](C)O)C(C)C)C(=O)O. The minimum Gasteiger partial charge on any atom is -0.508 e. The van der Waals surface area contributed by atoms with Crippen molar-refractivity contribution in [2.45, 2.75) is 249 Å². The van der Waals surface area contributed by atoms with E-state index in [4.69, 9.17) is 50.0 Å². The Morgan fingerprint density at radius 1 is 0.513 bits per heavy atom. The zero-order valence-corrected chi connectivity index (χ0v) is 68.8. The number of carbonyl (C=O) groups is 16. The van der Waals surface area contributed by atoms with Crippen molar-refractivity contribution in [3.8, 4) is 5.75 Å². The van der Waals surface area contributed by atoms with E-state index in [0.717, 1.165) is 11.8 Å². The number of likely N-dealkylation sites (tertiary alicyclic amines) is 1. The van der Waals surface area contributed by atoms with E-state index in [1.807, 2.05) is 0 Å². The van der Waals surface area contributed by atoms with E-state index >= 15 is 0 Å². The van der Waals surface area contributed by atoms with Gasteiger partial charge in [0, 0.05) is 39.4 Å². The minimum atomic E-state index is -1.85. The number of nitrogens with two attached hydrogens (primary N) is 7. The van der Waals surface area contributed by atoms with Crippen molar-refractivity contribution in [3.63, 3.8) is 0 Å². The molecule has 13 amide bonds. The molecule has 0 radical (unpaired) electrons. The fourth-order valence-corrected chi connectivity index (χ4v) is 12.0. The predicted molar refractivity (Wildman–Crippen MR) is 432 cm³/mol. The molecule has 1 saturated heterocycles. The molecule has 0 aromatic heterocycles. The molecule has 1 fully saturated rings. The Hall–Kier alpha value is -11.2. The van der Waals surface area contributed by atoms with E-state index in [1.165, 1.54) is 45.0 Å². The van der Waals surface area contributed by atoms with Crippen LogP contribution in [0.1, 0.15) is 164 Å². The Labute approximate surface area is 690 Å². The number of aliphatic carboxylic acids is 3. The fourth-order valence-electron chi connectivity index (χ4n) is 12.0. The Morgan fingerprint density at radius 3 is 1.43 bits per heavy atom. The van der Waals surface area contributed by atoms with Crippen molar-refractivity contribution < 1.29 is 112 Å². The average Bonchev–Trinajstić information content (AvgIpc) is 1.72. The molecule has 1 heterocycles. The molecule has 1 aliphatic rings. The number of amides is 13. The highest BCUT2D eigenvalue weighted by atomic mass is 16.4. The van der Waals surface area contributed by atoms with Crippen molar-refractivity contribution in [1.29, 1.82) is 0 Å². The Kier molecular flexibility index (Phi) is 50.1. The zero-order valence-electron chi connectivity index (χ0n) is 68.8. The Morgan fingerprint density at radius 2 is 0.950 bits per heavy atom. The standard InChI is InChI=1S/C72H124N22O21.C2H4O2/c1-8-39(6)56(70(114)115)92-62(106)45(18-10-12-28-74)85-63(107)48(32-37(2)3)88-66(110)52-20-15-31-94(52)69(113)47(25-26-54(100)101)87-64(108)49(33-41-21-23-42(98)24-22-41)89-67(111)55(38(4)5)91-65(109)51(36-96)83-53(99)34-82-59(103)50(35-95)90-61(105)46(19-14-30-81-72(78)79)84-60(104)44(17-9-11-27-73)86-68(112)57(40(7)97)93-58(102)43(75)16-13-29-80-71(76)77;1-2(3)4/h21-24,37-40,43-52,55-57,95-98H,8-20,25-36,73-75H2,1-7H3,(H,82,103)(H,83,99)(H,84,104)(H,85,107)(H,86,112)(H,87,108)(H,88,110)(H,89,111)(H,90,105)(H,91,109)(H,92,106)(H,93,102)(H,100,101)(H,114,115)(H4,76,77,80)(H4,78,79,81);1H3,(H,3,4)/t39-,40+,43-,44-,45-,46-,47-,48-,49-,50-,51-,52-,55-,56-,57-;/m0./s1. The molecule has 1 aliphatic heterocycles. The molecule has 0 spiro atoms. The first kappa shape index (κ1) is 106. The number of aliphatic hydroxyl groups is 3. The van der Waals surface area contributed by atoms with E-state index in [1.54, 1.807) is 27.7 Å². The monoisotopic (exact) mass is 1690 g/mol. The molecule has 45 nitrogen and oxygen atoms in total. The van der Waals surface area contributed by atoms with Crippen molar-refractivity contribution >= 4 is 107 Å². The smallest absolute Gasteiger partial charge is 0.326 e. The largest absolute Gasteiger partial charge is 0.508 e. The van der Waals surface area contributed by atoms with Gasteiger partial charge in [-0.2, -0.15) is 0 Å². The van der Waals surface area contributed by atoms with Gasteiger partial charge in [0.05, 0.1) is 31.9 Å². The maximum absolute atomic E-state index is 14.8. The normalized spacial score (nSPS) is 15.8. The summed E-state index contributed by atoms with van der Waals surface area (Å²) in [4.78, 5) is 224. The first-order valence-corrected chi connectivity index (χ1v) is 39.5. The maximum atomic E-state index is 14.8. The second-order valence-corrected chi connectivity index (χ2v) is 29.5. The van der Waals surface area contributed by atoms with Crippen molar-refractivity contribution in [2.24, 2.45) is 67.9 Å². The van der Waals surface area contributed by atoms with Gasteiger partial charge in [-0.3, -0.25) is 81.9 Å². The molecule has 0 bridgehead atoms. The maximum Gasteiger partial charge on any atom is 0.326 e. The first-order valence-electron chi connectivity index (χ1n) is 39.5. The average molecular weight is 1690 g/mol. The van der Waals surface area contributed by atoms with Gasteiger partial charge in [-0.25, -0.2) is 4.79 Å². The number of hydrogen-bond acceptors (Lipinski definition) is 25. The number of guanidine groups is 2.